The highest BCUT2D eigenvalue weighted by atomic mass is 19.2. The van der Waals surface area contributed by atoms with Gasteiger partial charge in [0.05, 0.1) is 13.0 Å². The third-order valence-electron chi connectivity index (χ3n) is 3.18. The van der Waals surface area contributed by atoms with Gasteiger partial charge in [-0.25, -0.2) is 8.78 Å². The number of likely N-dealkylation sites (tertiary alicyclic amines) is 1. The predicted octanol–water partition coefficient (Wildman–Crippen LogP) is 1.60. The van der Waals surface area contributed by atoms with Crippen molar-refractivity contribution in [3.05, 3.63) is 35.4 Å². The molecule has 0 saturated carbocycles. The summed E-state index contributed by atoms with van der Waals surface area (Å²) in [5, 5.41) is 0. The number of nitrogens with zero attached hydrogens (tertiary/aromatic N) is 1. The standard InChI is InChI=1S/C13H13F2NO3/c1-19-13(18)9-4-5-16(7-9)12(17)8-2-3-10(14)11(15)6-8/h2-3,6,9H,4-5,7H2,1H3. The molecule has 0 N–H and O–H groups in total. The molecule has 0 spiro atoms. The van der Waals surface area contributed by atoms with Gasteiger partial charge in [-0.3, -0.25) is 9.59 Å². The highest BCUT2D eigenvalue weighted by Gasteiger charge is 2.32. The van der Waals surface area contributed by atoms with Gasteiger partial charge in [-0.2, -0.15) is 0 Å². The number of esters is 1. The van der Waals surface area contributed by atoms with Crippen LogP contribution in [0.2, 0.25) is 0 Å². The molecule has 0 aromatic heterocycles. The molecular weight excluding hydrogens is 256 g/mol. The molecule has 1 heterocycles. The third-order valence-corrected chi connectivity index (χ3v) is 3.18. The number of carbonyl (C=O) groups excluding carboxylic acids is 2. The Morgan fingerprint density at radius 3 is 2.68 bits per heavy atom. The van der Waals surface area contributed by atoms with Crippen LogP contribution in [0.3, 0.4) is 0 Å². The fraction of sp³-hybridized carbons (Fsp3) is 0.385. The second kappa shape index (κ2) is 5.34. The Balaban J connectivity index is 2.09. The maximum absolute atomic E-state index is 13.1. The van der Waals surface area contributed by atoms with Crippen molar-refractivity contribution in [3.8, 4) is 0 Å². The normalized spacial score (nSPS) is 18.5. The molecule has 1 atom stereocenters. The number of carbonyl (C=O) groups is 2. The lowest BCUT2D eigenvalue weighted by molar-refractivity contribution is -0.144. The van der Waals surface area contributed by atoms with Crippen molar-refractivity contribution in [2.45, 2.75) is 6.42 Å². The first-order valence-electron chi connectivity index (χ1n) is 5.85. The van der Waals surface area contributed by atoms with E-state index in [2.05, 4.69) is 4.74 Å². The first-order chi connectivity index (χ1) is 9.02. The van der Waals surface area contributed by atoms with Crippen molar-refractivity contribution in [1.29, 1.82) is 0 Å². The molecule has 1 fully saturated rings. The van der Waals surface area contributed by atoms with E-state index in [1.54, 1.807) is 0 Å². The molecule has 19 heavy (non-hydrogen) atoms. The Hall–Kier alpha value is -1.98. The molecule has 1 unspecified atom stereocenters. The van der Waals surface area contributed by atoms with E-state index in [0.717, 1.165) is 12.1 Å². The fourth-order valence-corrected chi connectivity index (χ4v) is 2.12. The quantitative estimate of drug-likeness (QED) is 0.766. The summed E-state index contributed by atoms with van der Waals surface area (Å²) >= 11 is 0. The molecule has 1 amide bonds. The lowest BCUT2D eigenvalue weighted by Gasteiger charge is -2.16. The molecule has 1 saturated heterocycles. The summed E-state index contributed by atoms with van der Waals surface area (Å²) in [6.45, 7) is 0.641. The number of methoxy groups -OCH3 is 1. The summed E-state index contributed by atoms with van der Waals surface area (Å²) < 4.78 is 30.5. The molecule has 6 heteroatoms. The minimum atomic E-state index is -1.06. The molecular formula is C13H13F2NO3. The second-order valence-corrected chi connectivity index (χ2v) is 4.39. The zero-order valence-corrected chi connectivity index (χ0v) is 10.4. The summed E-state index contributed by atoms with van der Waals surface area (Å²) in [7, 11) is 1.29. The Kier molecular flexibility index (Phi) is 3.78. The van der Waals surface area contributed by atoms with E-state index in [4.69, 9.17) is 0 Å². The Bertz CT molecular complexity index is 519. The van der Waals surface area contributed by atoms with E-state index in [0.29, 0.717) is 13.0 Å². The summed E-state index contributed by atoms with van der Waals surface area (Å²) in [5.74, 6) is -3.18. The van der Waals surface area contributed by atoms with Gasteiger partial charge < -0.3 is 9.64 Å². The lowest BCUT2D eigenvalue weighted by Crippen LogP contribution is -2.30. The van der Waals surface area contributed by atoms with Gasteiger partial charge in [-0.1, -0.05) is 0 Å². The maximum atomic E-state index is 13.1. The van der Waals surface area contributed by atoms with Crippen molar-refractivity contribution in [2.24, 2.45) is 5.92 Å². The number of hydrogen-bond donors (Lipinski definition) is 0. The van der Waals surface area contributed by atoms with Gasteiger partial charge in [-0.05, 0) is 24.6 Å². The molecule has 2 rings (SSSR count). The topological polar surface area (TPSA) is 46.6 Å². The maximum Gasteiger partial charge on any atom is 0.310 e. The summed E-state index contributed by atoms with van der Waals surface area (Å²) in [6, 6.07) is 3.01. The van der Waals surface area contributed by atoms with Crippen LogP contribution in [-0.4, -0.2) is 37.0 Å². The number of amides is 1. The monoisotopic (exact) mass is 269 g/mol. The zero-order chi connectivity index (χ0) is 14.0. The number of halogens is 2. The van der Waals surface area contributed by atoms with Gasteiger partial charge in [0.15, 0.2) is 11.6 Å². The summed E-state index contributed by atoms with van der Waals surface area (Å²) in [4.78, 5) is 24.8. The van der Waals surface area contributed by atoms with Crippen molar-refractivity contribution in [2.75, 3.05) is 20.2 Å². The molecule has 0 radical (unpaired) electrons. The van der Waals surface area contributed by atoms with Gasteiger partial charge in [0, 0.05) is 18.7 Å². The average molecular weight is 269 g/mol. The number of benzene rings is 1. The fourth-order valence-electron chi connectivity index (χ4n) is 2.12. The predicted molar refractivity (Wildman–Crippen MR) is 62.4 cm³/mol. The lowest BCUT2D eigenvalue weighted by atomic mass is 10.1. The van der Waals surface area contributed by atoms with Crippen LogP contribution in [0.15, 0.2) is 18.2 Å². The molecule has 1 aromatic carbocycles. The second-order valence-electron chi connectivity index (χ2n) is 4.39. The number of hydrogen-bond acceptors (Lipinski definition) is 3. The van der Waals surface area contributed by atoms with E-state index in [-0.39, 0.29) is 24.0 Å². The van der Waals surface area contributed by atoms with Crippen molar-refractivity contribution in [3.63, 3.8) is 0 Å². The molecule has 1 aliphatic rings. The molecule has 0 bridgehead atoms. The average Bonchev–Trinajstić information content (AvgIpc) is 2.89. The number of ether oxygens (including phenoxy) is 1. The number of rotatable bonds is 2. The van der Waals surface area contributed by atoms with E-state index >= 15 is 0 Å². The Labute approximate surface area is 109 Å². The minimum absolute atomic E-state index is 0.0735. The van der Waals surface area contributed by atoms with Crippen LogP contribution in [0.25, 0.3) is 0 Å². The van der Waals surface area contributed by atoms with Crippen LogP contribution < -0.4 is 0 Å². The van der Waals surface area contributed by atoms with E-state index in [1.165, 1.54) is 18.1 Å². The first kappa shape index (κ1) is 13.5. The van der Waals surface area contributed by atoms with Gasteiger partial charge in [-0.15, -0.1) is 0 Å². The van der Waals surface area contributed by atoms with Gasteiger partial charge in [0.1, 0.15) is 0 Å². The van der Waals surface area contributed by atoms with E-state index in [9.17, 15) is 18.4 Å². The van der Waals surface area contributed by atoms with Crippen molar-refractivity contribution in [1.82, 2.24) is 4.90 Å². The summed E-state index contributed by atoms with van der Waals surface area (Å²) in [6.07, 6.45) is 0.516. The molecule has 0 aliphatic carbocycles. The van der Waals surface area contributed by atoms with Crippen molar-refractivity contribution < 1.29 is 23.1 Å². The largest absolute Gasteiger partial charge is 0.469 e. The zero-order valence-electron chi connectivity index (χ0n) is 10.4. The van der Waals surface area contributed by atoms with Crippen LogP contribution in [0, 0.1) is 17.6 Å². The van der Waals surface area contributed by atoms with Gasteiger partial charge in [0.25, 0.3) is 5.91 Å². The molecule has 102 valence electrons. The van der Waals surface area contributed by atoms with E-state index in [1.807, 2.05) is 0 Å². The highest BCUT2D eigenvalue weighted by Crippen LogP contribution is 2.20. The SMILES string of the molecule is COC(=O)C1CCN(C(=O)c2ccc(F)c(F)c2)C1. The van der Waals surface area contributed by atoms with Crippen LogP contribution >= 0.6 is 0 Å². The molecule has 1 aliphatic heterocycles. The van der Waals surface area contributed by atoms with Crippen LogP contribution in [0.1, 0.15) is 16.8 Å². The smallest absolute Gasteiger partial charge is 0.310 e. The highest BCUT2D eigenvalue weighted by molar-refractivity contribution is 5.94. The van der Waals surface area contributed by atoms with Gasteiger partial charge >= 0.3 is 5.97 Å². The van der Waals surface area contributed by atoms with Gasteiger partial charge in [0.2, 0.25) is 0 Å². The molecule has 4 nitrogen and oxygen atoms in total. The van der Waals surface area contributed by atoms with E-state index < -0.39 is 17.5 Å². The van der Waals surface area contributed by atoms with Crippen LogP contribution in [0.5, 0.6) is 0 Å². The van der Waals surface area contributed by atoms with Crippen molar-refractivity contribution >= 4 is 11.9 Å². The first-order valence-corrected chi connectivity index (χ1v) is 5.85. The van der Waals surface area contributed by atoms with Crippen LogP contribution in [-0.2, 0) is 9.53 Å². The third kappa shape index (κ3) is 2.72. The minimum Gasteiger partial charge on any atom is -0.469 e. The Morgan fingerprint density at radius 1 is 1.32 bits per heavy atom. The molecule has 1 aromatic rings. The summed E-state index contributed by atoms with van der Waals surface area (Å²) in [5.41, 5.74) is 0.0735. The Morgan fingerprint density at radius 2 is 2.05 bits per heavy atom. The van der Waals surface area contributed by atoms with Crippen LogP contribution in [0.4, 0.5) is 8.78 Å².